The van der Waals surface area contributed by atoms with Crippen LogP contribution >= 0.6 is 0 Å². The number of nitrogen functional groups attached to an aromatic ring is 1. The third kappa shape index (κ3) is 5.24. The fourth-order valence-electron chi connectivity index (χ4n) is 5.51. The van der Waals surface area contributed by atoms with Crippen LogP contribution < -0.4 is 16.6 Å². The molecule has 0 aliphatic carbocycles. The van der Waals surface area contributed by atoms with E-state index >= 15 is 0 Å². The number of amides is 1. The Bertz CT molecular complexity index is 1400. The molecule has 4 rings (SSSR count). The van der Waals surface area contributed by atoms with Crippen LogP contribution in [0.25, 0.3) is 0 Å². The van der Waals surface area contributed by atoms with Gasteiger partial charge in [-0.2, -0.15) is 0 Å². The molecule has 0 spiro atoms. The molecule has 1 aliphatic heterocycles. The molecular weight excluding hydrogens is 476 g/mol. The molecule has 1 unspecified atom stereocenters. The van der Waals surface area contributed by atoms with E-state index in [2.05, 4.69) is 18.2 Å². The molecule has 1 atom stereocenters. The monoisotopic (exact) mass is 514 g/mol. The first-order valence-corrected chi connectivity index (χ1v) is 13.1. The first kappa shape index (κ1) is 27.2. The Morgan fingerprint density at radius 1 is 1.03 bits per heavy atom. The van der Waals surface area contributed by atoms with Gasteiger partial charge in [-0.05, 0) is 92.1 Å². The van der Waals surface area contributed by atoms with Crippen molar-refractivity contribution in [3.63, 3.8) is 0 Å². The van der Waals surface area contributed by atoms with Crippen LogP contribution in [0.2, 0.25) is 0 Å². The summed E-state index contributed by atoms with van der Waals surface area (Å²) in [7, 11) is 0. The summed E-state index contributed by atoms with van der Waals surface area (Å²) < 4.78 is 0. The van der Waals surface area contributed by atoms with Crippen LogP contribution in [0, 0.1) is 27.7 Å². The molecule has 5 N–H and O–H groups in total. The minimum Gasteiger partial charge on any atom is -0.481 e. The lowest BCUT2D eigenvalue weighted by atomic mass is 9.83. The Morgan fingerprint density at radius 2 is 1.76 bits per heavy atom. The quantitative estimate of drug-likeness (QED) is 0.232. The number of fused-ring (bicyclic) bond motifs is 1. The molecule has 0 radical (unpaired) electrons. The van der Waals surface area contributed by atoms with Crippen LogP contribution in [-0.2, 0) is 17.8 Å². The molecule has 1 heterocycles. The van der Waals surface area contributed by atoms with E-state index in [1.165, 1.54) is 5.56 Å². The standard InChI is InChI=1S/C31H38N4O3/c1-6-35(33)28-10-9-25(21(5)30(28)32)27(16-29(36)37)23-8-7-22-11-12-34(17-24(22)15-23)31(38)26-14-18(2)13-19(3)20(26)4/h7-10,13-15,27H,6,11-12,16-17,32-33H2,1-5H3,(H,36,37). The van der Waals surface area contributed by atoms with Crippen molar-refractivity contribution in [1.82, 2.24) is 4.90 Å². The van der Waals surface area contributed by atoms with Gasteiger partial charge in [-0.15, -0.1) is 0 Å². The summed E-state index contributed by atoms with van der Waals surface area (Å²) in [6.45, 7) is 11.6. The summed E-state index contributed by atoms with van der Waals surface area (Å²) in [4.78, 5) is 27.4. The van der Waals surface area contributed by atoms with E-state index in [-0.39, 0.29) is 18.2 Å². The number of carbonyl (C=O) groups is 2. The number of nitrogens with two attached hydrogens (primary N) is 2. The van der Waals surface area contributed by atoms with E-state index in [4.69, 9.17) is 11.6 Å². The van der Waals surface area contributed by atoms with E-state index in [0.717, 1.165) is 56.6 Å². The fraction of sp³-hybridized carbons (Fsp3) is 0.355. The number of carboxylic acid groups (broad SMARTS) is 1. The maximum absolute atomic E-state index is 13.5. The van der Waals surface area contributed by atoms with Gasteiger partial charge in [0.05, 0.1) is 17.8 Å². The van der Waals surface area contributed by atoms with E-state index in [1.54, 1.807) is 5.01 Å². The Kier molecular flexibility index (Phi) is 7.78. The van der Waals surface area contributed by atoms with Crippen molar-refractivity contribution in [2.45, 2.75) is 59.9 Å². The number of benzene rings is 3. The zero-order chi connectivity index (χ0) is 27.7. The van der Waals surface area contributed by atoms with Crippen molar-refractivity contribution in [3.8, 4) is 0 Å². The van der Waals surface area contributed by atoms with Crippen molar-refractivity contribution in [3.05, 3.63) is 92.5 Å². The molecule has 1 amide bonds. The Labute approximate surface area is 225 Å². The van der Waals surface area contributed by atoms with Crippen molar-refractivity contribution in [1.29, 1.82) is 0 Å². The molecule has 7 nitrogen and oxygen atoms in total. The zero-order valence-electron chi connectivity index (χ0n) is 23.0. The molecular formula is C31H38N4O3. The number of hydrogen-bond acceptors (Lipinski definition) is 5. The first-order chi connectivity index (χ1) is 18.0. The molecule has 7 heteroatoms. The summed E-state index contributed by atoms with van der Waals surface area (Å²) in [5, 5.41) is 11.4. The van der Waals surface area contributed by atoms with Gasteiger partial charge in [0.15, 0.2) is 0 Å². The predicted octanol–water partition coefficient (Wildman–Crippen LogP) is 5.01. The normalized spacial score (nSPS) is 13.7. The minimum absolute atomic E-state index is 0.0360. The lowest BCUT2D eigenvalue weighted by Gasteiger charge is -2.31. The number of anilines is 2. The van der Waals surface area contributed by atoms with Crippen LogP contribution in [0.1, 0.15) is 74.1 Å². The third-order valence-electron chi connectivity index (χ3n) is 7.91. The van der Waals surface area contributed by atoms with Crippen molar-refractivity contribution in [2.24, 2.45) is 5.84 Å². The van der Waals surface area contributed by atoms with Gasteiger partial charge in [0.2, 0.25) is 0 Å². The Balaban J connectivity index is 1.69. The first-order valence-electron chi connectivity index (χ1n) is 13.1. The number of rotatable bonds is 7. The average Bonchev–Trinajstić information content (AvgIpc) is 2.89. The van der Waals surface area contributed by atoms with E-state index < -0.39 is 5.97 Å². The van der Waals surface area contributed by atoms with Crippen molar-refractivity contribution >= 4 is 23.3 Å². The molecule has 3 aromatic rings. The third-order valence-corrected chi connectivity index (χ3v) is 7.91. The second-order valence-electron chi connectivity index (χ2n) is 10.4. The molecule has 3 aromatic carbocycles. The van der Waals surface area contributed by atoms with Gasteiger partial charge in [0.25, 0.3) is 5.91 Å². The summed E-state index contributed by atoms with van der Waals surface area (Å²) in [5.74, 6) is 4.86. The number of aryl methyl sites for hydroxylation is 2. The lowest BCUT2D eigenvalue weighted by molar-refractivity contribution is -0.137. The molecule has 38 heavy (non-hydrogen) atoms. The summed E-state index contributed by atoms with van der Waals surface area (Å²) >= 11 is 0. The molecule has 0 saturated heterocycles. The summed E-state index contributed by atoms with van der Waals surface area (Å²) in [5.41, 5.74) is 16.5. The SMILES string of the molecule is CCN(N)c1ccc(C(CC(=O)O)c2ccc3c(c2)CN(C(=O)c2cc(C)cc(C)c2C)CC3)c(C)c1N. The molecule has 0 saturated carbocycles. The number of hydrogen-bond donors (Lipinski definition) is 3. The minimum atomic E-state index is -0.883. The molecule has 200 valence electrons. The van der Waals surface area contributed by atoms with Gasteiger partial charge < -0.3 is 20.7 Å². The molecule has 0 bridgehead atoms. The van der Waals surface area contributed by atoms with Gasteiger partial charge in [0.1, 0.15) is 0 Å². The van der Waals surface area contributed by atoms with E-state index in [9.17, 15) is 14.7 Å². The van der Waals surface area contributed by atoms with E-state index in [1.807, 2.05) is 63.8 Å². The summed E-state index contributed by atoms with van der Waals surface area (Å²) in [6, 6.07) is 14.0. The predicted molar refractivity (Wildman–Crippen MR) is 152 cm³/mol. The smallest absolute Gasteiger partial charge is 0.304 e. The highest BCUT2D eigenvalue weighted by Crippen LogP contribution is 2.37. The topological polar surface area (TPSA) is 113 Å². The van der Waals surface area contributed by atoms with Gasteiger partial charge in [-0.3, -0.25) is 9.59 Å². The number of carboxylic acids is 1. The van der Waals surface area contributed by atoms with Crippen LogP contribution in [0.15, 0.2) is 42.5 Å². The van der Waals surface area contributed by atoms with Gasteiger partial charge in [-0.25, -0.2) is 5.84 Å². The summed E-state index contributed by atoms with van der Waals surface area (Å²) in [6.07, 6.45) is 0.696. The van der Waals surface area contributed by atoms with Gasteiger partial charge in [-0.1, -0.05) is 35.9 Å². The number of aliphatic carboxylic acids is 1. The Morgan fingerprint density at radius 3 is 2.45 bits per heavy atom. The number of carbonyl (C=O) groups excluding carboxylic acids is 1. The van der Waals surface area contributed by atoms with Crippen LogP contribution in [0.4, 0.5) is 11.4 Å². The zero-order valence-corrected chi connectivity index (χ0v) is 23.0. The average molecular weight is 515 g/mol. The van der Waals surface area contributed by atoms with E-state index in [0.29, 0.717) is 25.3 Å². The Hall–Kier alpha value is -3.84. The highest BCUT2D eigenvalue weighted by molar-refractivity contribution is 5.96. The largest absolute Gasteiger partial charge is 0.481 e. The fourth-order valence-corrected chi connectivity index (χ4v) is 5.51. The maximum Gasteiger partial charge on any atom is 0.304 e. The maximum atomic E-state index is 13.5. The number of nitrogens with zero attached hydrogens (tertiary/aromatic N) is 2. The van der Waals surface area contributed by atoms with Crippen LogP contribution in [-0.4, -0.2) is 35.0 Å². The van der Waals surface area contributed by atoms with Crippen LogP contribution in [0.3, 0.4) is 0 Å². The highest BCUT2D eigenvalue weighted by Gasteiger charge is 2.27. The lowest BCUT2D eigenvalue weighted by Crippen LogP contribution is -2.36. The molecule has 1 aliphatic rings. The van der Waals surface area contributed by atoms with Gasteiger partial charge >= 0.3 is 5.97 Å². The highest BCUT2D eigenvalue weighted by atomic mass is 16.4. The second-order valence-corrected chi connectivity index (χ2v) is 10.4. The molecule has 0 fully saturated rings. The van der Waals surface area contributed by atoms with Crippen LogP contribution in [0.5, 0.6) is 0 Å². The second kappa shape index (κ2) is 10.9. The van der Waals surface area contributed by atoms with Gasteiger partial charge in [0, 0.05) is 31.1 Å². The molecule has 0 aromatic heterocycles. The number of hydrazine groups is 1. The van der Waals surface area contributed by atoms with Crippen molar-refractivity contribution < 1.29 is 14.7 Å². The van der Waals surface area contributed by atoms with Crippen molar-refractivity contribution in [2.75, 3.05) is 23.8 Å².